The van der Waals surface area contributed by atoms with Crippen LogP contribution in [0.3, 0.4) is 0 Å². The van der Waals surface area contributed by atoms with Gasteiger partial charge in [-0.25, -0.2) is 12.7 Å². The molecule has 0 bridgehead atoms. The average Bonchev–Trinajstić information content (AvgIpc) is 3.00. The summed E-state index contributed by atoms with van der Waals surface area (Å²) in [5.41, 5.74) is 0.403. The summed E-state index contributed by atoms with van der Waals surface area (Å²) in [6.07, 6.45) is 6.06. The molecule has 0 aromatic heterocycles. The Hall–Kier alpha value is -0.0900. The average molecular weight is 245 g/mol. The first-order chi connectivity index (χ1) is 7.33. The number of sulfonamides is 1. The fourth-order valence-corrected chi connectivity index (χ4v) is 4.38. The van der Waals surface area contributed by atoms with E-state index >= 15 is 0 Å². The van der Waals surface area contributed by atoms with Gasteiger partial charge in [0, 0.05) is 13.1 Å². The molecular weight excluding hydrogens is 222 g/mol. The van der Waals surface area contributed by atoms with Crippen LogP contribution in [-0.4, -0.2) is 31.1 Å². The topological polar surface area (TPSA) is 37.4 Å². The van der Waals surface area contributed by atoms with Crippen LogP contribution in [0, 0.1) is 5.41 Å². The van der Waals surface area contributed by atoms with Crippen molar-refractivity contribution in [2.45, 2.75) is 63.7 Å². The second-order valence-electron chi connectivity index (χ2n) is 6.16. The maximum atomic E-state index is 12.1. The maximum absolute atomic E-state index is 12.1. The summed E-state index contributed by atoms with van der Waals surface area (Å²) in [4.78, 5) is 0. The van der Waals surface area contributed by atoms with Crippen molar-refractivity contribution in [3.63, 3.8) is 0 Å². The van der Waals surface area contributed by atoms with Crippen molar-refractivity contribution in [2.24, 2.45) is 5.41 Å². The SMILES string of the molecule is CN(C1CCC(C)(C)CC1)S(=O)(=O)C1CC1. The van der Waals surface area contributed by atoms with E-state index in [4.69, 9.17) is 0 Å². The summed E-state index contributed by atoms with van der Waals surface area (Å²) >= 11 is 0. The van der Waals surface area contributed by atoms with E-state index in [-0.39, 0.29) is 11.3 Å². The lowest BCUT2D eigenvalue weighted by atomic mass is 9.76. The van der Waals surface area contributed by atoms with Crippen LogP contribution in [0.15, 0.2) is 0 Å². The molecule has 0 spiro atoms. The minimum absolute atomic E-state index is 0.0626. The van der Waals surface area contributed by atoms with Crippen LogP contribution >= 0.6 is 0 Å². The Labute approximate surface area is 99.3 Å². The molecule has 0 unspecified atom stereocenters. The third-order valence-corrected chi connectivity index (χ3v) is 6.58. The van der Waals surface area contributed by atoms with Crippen LogP contribution in [0.1, 0.15) is 52.4 Å². The highest BCUT2D eigenvalue weighted by Crippen LogP contribution is 2.39. The van der Waals surface area contributed by atoms with Crippen LogP contribution in [0.25, 0.3) is 0 Å². The fraction of sp³-hybridized carbons (Fsp3) is 1.00. The molecule has 0 amide bonds. The molecule has 0 heterocycles. The van der Waals surface area contributed by atoms with Crippen LogP contribution in [0.5, 0.6) is 0 Å². The van der Waals surface area contributed by atoms with Crippen molar-refractivity contribution >= 4 is 10.0 Å². The van der Waals surface area contributed by atoms with E-state index in [1.807, 2.05) is 0 Å². The number of hydrogen-bond acceptors (Lipinski definition) is 2. The van der Waals surface area contributed by atoms with E-state index in [2.05, 4.69) is 13.8 Å². The van der Waals surface area contributed by atoms with E-state index in [0.717, 1.165) is 38.5 Å². The highest BCUT2D eigenvalue weighted by Gasteiger charge is 2.42. The predicted molar refractivity (Wildman–Crippen MR) is 65.7 cm³/mol. The molecule has 0 N–H and O–H groups in total. The first-order valence-electron chi connectivity index (χ1n) is 6.30. The highest BCUT2D eigenvalue weighted by molar-refractivity contribution is 7.90. The highest BCUT2D eigenvalue weighted by atomic mass is 32.2. The number of nitrogens with zero attached hydrogens (tertiary/aromatic N) is 1. The summed E-state index contributed by atoms with van der Waals surface area (Å²) in [5.74, 6) is 0. The summed E-state index contributed by atoms with van der Waals surface area (Å²) in [6, 6.07) is 0.249. The van der Waals surface area contributed by atoms with Crippen LogP contribution in [0.2, 0.25) is 0 Å². The second kappa shape index (κ2) is 3.98. The van der Waals surface area contributed by atoms with Gasteiger partial charge in [0.2, 0.25) is 10.0 Å². The van der Waals surface area contributed by atoms with Crippen molar-refractivity contribution in [3.05, 3.63) is 0 Å². The minimum atomic E-state index is -2.97. The molecule has 0 aromatic rings. The molecule has 16 heavy (non-hydrogen) atoms. The van der Waals surface area contributed by atoms with Crippen molar-refractivity contribution in [1.29, 1.82) is 0 Å². The molecule has 0 atom stereocenters. The van der Waals surface area contributed by atoms with Crippen molar-refractivity contribution in [2.75, 3.05) is 7.05 Å². The molecule has 0 aliphatic heterocycles. The maximum Gasteiger partial charge on any atom is 0.216 e. The van der Waals surface area contributed by atoms with Gasteiger partial charge in [-0.15, -0.1) is 0 Å². The third-order valence-electron chi connectivity index (χ3n) is 4.17. The molecule has 3 nitrogen and oxygen atoms in total. The lowest BCUT2D eigenvalue weighted by Gasteiger charge is -2.38. The van der Waals surface area contributed by atoms with E-state index in [0.29, 0.717) is 5.41 Å². The zero-order valence-electron chi connectivity index (χ0n) is 10.6. The second-order valence-corrected chi connectivity index (χ2v) is 8.43. The van der Waals surface area contributed by atoms with Crippen LogP contribution in [0.4, 0.5) is 0 Å². The van der Waals surface area contributed by atoms with E-state index in [1.165, 1.54) is 0 Å². The van der Waals surface area contributed by atoms with E-state index < -0.39 is 10.0 Å². The van der Waals surface area contributed by atoms with Crippen LogP contribution < -0.4 is 0 Å². The van der Waals surface area contributed by atoms with Crippen molar-refractivity contribution in [1.82, 2.24) is 4.31 Å². The van der Waals surface area contributed by atoms with Gasteiger partial charge in [0.05, 0.1) is 5.25 Å². The van der Waals surface area contributed by atoms with E-state index in [1.54, 1.807) is 11.4 Å². The van der Waals surface area contributed by atoms with Gasteiger partial charge < -0.3 is 0 Å². The van der Waals surface area contributed by atoms with Gasteiger partial charge in [0.1, 0.15) is 0 Å². The molecule has 4 heteroatoms. The molecule has 2 saturated carbocycles. The van der Waals surface area contributed by atoms with Crippen molar-refractivity contribution < 1.29 is 8.42 Å². The fourth-order valence-electron chi connectivity index (χ4n) is 2.56. The zero-order chi connectivity index (χ0) is 12.0. The summed E-state index contributed by atoms with van der Waals surface area (Å²) < 4.78 is 25.8. The quantitative estimate of drug-likeness (QED) is 0.765. The van der Waals surface area contributed by atoms with Crippen molar-refractivity contribution in [3.8, 4) is 0 Å². The Morgan fingerprint density at radius 3 is 2.00 bits per heavy atom. The summed E-state index contributed by atoms with van der Waals surface area (Å²) in [7, 11) is -1.19. The molecule has 0 saturated heterocycles. The monoisotopic (exact) mass is 245 g/mol. The molecule has 2 aliphatic carbocycles. The first kappa shape index (κ1) is 12.4. The predicted octanol–water partition coefficient (Wildman–Crippen LogP) is 2.38. The third kappa shape index (κ3) is 2.43. The molecule has 0 aromatic carbocycles. The molecular formula is C12H23NO2S. The van der Waals surface area contributed by atoms with Gasteiger partial charge in [-0.1, -0.05) is 13.8 Å². The zero-order valence-corrected chi connectivity index (χ0v) is 11.4. The van der Waals surface area contributed by atoms with Gasteiger partial charge in [0.25, 0.3) is 0 Å². The number of hydrogen-bond donors (Lipinski definition) is 0. The normalized spacial score (nSPS) is 27.2. The lowest BCUT2D eigenvalue weighted by molar-refractivity contribution is 0.174. The van der Waals surface area contributed by atoms with Gasteiger partial charge in [-0.2, -0.15) is 0 Å². The lowest BCUT2D eigenvalue weighted by Crippen LogP contribution is -2.42. The first-order valence-corrected chi connectivity index (χ1v) is 7.80. The summed E-state index contributed by atoms with van der Waals surface area (Å²) in [5, 5.41) is -0.0626. The molecule has 2 aliphatic rings. The summed E-state index contributed by atoms with van der Waals surface area (Å²) in [6.45, 7) is 4.55. The van der Waals surface area contributed by atoms with Gasteiger partial charge in [0.15, 0.2) is 0 Å². The minimum Gasteiger partial charge on any atom is -0.212 e. The van der Waals surface area contributed by atoms with E-state index in [9.17, 15) is 8.42 Å². The Bertz CT molecular complexity index is 347. The molecule has 0 radical (unpaired) electrons. The Kier molecular flexibility index (Phi) is 3.08. The van der Waals surface area contributed by atoms with Gasteiger partial charge >= 0.3 is 0 Å². The van der Waals surface area contributed by atoms with Gasteiger partial charge in [-0.3, -0.25) is 0 Å². The Morgan fingerprint density at radius 1 is 1.06 bits per heavy atom. The standard InChI is InChI=1S/C12H23NO2S/c1-12(2)8-6-10(7-9-12)13(3)16(14,15)11-4-5-11/h10-11H,4-9H2,1-3H3. The Balaban J connectivity index is 1.99. The molecule has 2 fully saturated rings. The molecule has 94 valence electrons. The smallest absolute Gasteiger partial charge is 0.212 e. The van der Waals surface area contributed by atoms with Gasteiger partial charge in [-0.05, 0) is 43.9 Å². The largest absolute Gasteiger partial charge is 0.216 e. The number of rotatable bonds is 3. The van der Waals surface area contributed by atoms with Crippen LogP contribution in [-0.2, 0) is 10.0 Å². The Morgan fingerprint density at radius 2 is 1.56 bits per heavy atom. The molecule has 2 rings (SSSR count).